The summed E-state index contributed by atoms with van der Waals surface area (Å²) in [7, 11) is 1.26. The molecule has 0 spiro atoms. The van der Waals surface area contributed by atoms with Gasteiger partial charge >= 0.3 is 0 Å². The van der Waals surface area contributed by atoms with Crippen molar-refractivity contribution in [2.75, 3.05) is 7.11 Å². The number of hydrogen-bond donors (Lipinski definition) is 0. The van der Waals surface area contributed by atoms with Crippen LogP contribution in [0.4, 0.5) is 0 Å². The molecule has 0 aliphatic carbocycles. The molecule has 0 atom stereocenters. The van der Waals surface area contributed by atoms with Gasteiger partial charge in [-0.05, 0) is 0 Å². The molecule has 0 rings (SSSR count). The van der Waals surface area contributed by atoms with E-state index >= 15 is 0 Å². The molecule has 0 saturated heterocycles. The Bertz CT molecular complexity index is 21.6. The van der Waals surface area contributed by atoms with Gasteiger partial charge in [-0.25, -0.2) is 0 Å². The van der Waals surface area contributed by atoms with Crippen molar-refractivity contribution in [3.05, 3.63) is 0 Å². The monoisotopic (exact) mass is 123 g/mol. The Kier molecular flexibility index (Phi) is 15.9. The van der Waals surface area contributed by atoms with Gasteiger partial charge in [0.2, 0.25) is 0 Å². The summed E-state index contributed by atoms with van der Waals surface area (Å²) in [5.41, 5.74) is 0. The van der Waals surface area contributed by atoms with Gasteiger partial charge in [-0.2, -0.15) is 0 Å². The fourth-order valence-corrected chi connectivity index (χ4v) is 0. The van der Waals surface area contributed by atoms with Crippen LogP contribution in [-0.4, -0.2) is 13.6 Å². The van der Waals surface area contributed by atoms with E-state index < -0.39 is 0 Å². The van der Waals surface area contributed by atoms with Gasteiger partial charge in [-0.3, -0.25) is 0 Å². The molecule has 0 aromatic rings. The van der Waals surface area contributed by atoms with Gasteiger partial charge in [0.05, 0.1) is 0 Å². The fourth-order valence-electron chi connectivity index (χ4n) is 0. The second-order valence-corrected chi connectivity index (χ2v) is 0.287. The van der Waals surface area contributed by atoms with Crippen LogP contribution in [0, 0.1) is 0 Å². The van der Waals surface area contributed by atoms with Crippen molar-refractivity contribution in [1.82, 2.24) is 0 Å². The molecule has 0 N–H and O–H groups in total. The van der Waals surface area contributed by atoms with Gasteiger partial charge < -0.3 is 9.53 Å². The van der Waals surface area contributed by atoms with E-state index in [0.29, 0.717) is 0 Å². The zero-order valence-corrected chi connectivity index (χ0v) is 5.99. The van der Waals surface area contributed by atoms with Crippen LogP contribution < -0.4 is 0 Å². The van der Waals surface area contributed by atoms with E-state index in [1.165, 1.54) is 13.6 Å². The van der Waals surface area contributed by atoms with E-state index in [4.69, 9.17) is 4.79 Å². The summed E-state index contributed by atoms with van der Waals surface area (Å²) in [5.74, 6) is 0. The van der Waals surface area contributed by atoms with Crippen LogP contribution in [0.2, 0.25) is 0 Å². The van der Waals surface area contributed by atoms with E-state index in [9.17, 15) is 0 Å². The van der Waals surface area contributed by atoms with E-state index in [1.54, 1.807) is 0 Å². The first-order valence-corrected chi connectivity index (χ1v) is 0.816. The molecular weight excluding hydrogens is 121 g/mol. The zero-order chi connectivity index (χ0) is 3.41. The van der Waals surface area contributed by atoms with Crippen LogP contribution in [0.5, 0.6) is 0 Å². The number of ether oxygens (including phenoxy) is 1. The Morgan fingerprint density at radius 2 is 2.00 bits per heavy atom. The Labute approximate surface area is 43.3 Å². The molecule has 0 aliphatic rings. The summed E-state index contributed by atoms with van der Waals surface area (Å²) in [6.07, 6.45) is 0. The van der Waals surface area contributed by atoms with Crippen molar-refractivity contribution in [3.8, 4) is 0 Å². The fraction of sp³-hybridized carbons (Fsp3) is 0.500. The smallest absolute Gasteiger partial charge is 0.0362 e. The van der Waals surface area contributed by atoms with Gasteiger partial charge in [0.1, 0.15) is 0 Å². The van der Waals surface area contributed by atoms with Crippen molar-refractivity contribution in [2.24, 2.45) is 0 Å². The Morgan fingerprint density at radius 3 is 2.00 bits per heavy atom. The van der Waals surface area contributed by atoms with Crippen LogP contribution in [-0.2, 0) is 29.0 Å². The van der Waals surface area contributed by atoms with Crippen molar-refractivity contribution in [3.63, 3.8) is 0 Å². The second-order valence-electron chi connectivity index (χ2n) is 0.287. The third-order valence-corrected chi connectivity index (χ3v) is 0.0833. The summed E-state index contributed by atoms with van der Waals surface area (Å²) >= 11 is 0. The molecule has 0 bridgehead atoms. The van der Waals surface area contributed by atoms with Gasteiger partial charge in [0.25, 0.3) is 0 Å². The second kappa shape index (κ2) is 8.94. The van der Waals surface area contributed by atoms with Crippen molar-refractivity contribution in [1.29, 1.82) is 0 Å². The average Bonchev–Trinajstić information content (AvgIpc) is 1.37. The number of hydrogen-bond acceptors (Lipinski definition) is 2. The first kappa shape index (κ1) is 8.92. The van der Waals surface area contributed by atoms with Crippen molar-refractivity contribution < 1.29 is 29.0 Å². The first-order valence-electron chi connectivity index (χ1n) is 0.816. The van der Waals surface area contributed by atoms with Gasteiger partial charge in [0.15, 0.2) is 0 Å². The summed E-state index contributed by atoms with van der Waals surface area (Å²) in [4.78, 5) is 8.83. The summed E-state index contributed by atoms with van der Waals surface area (Å²) in [5, 5.41) is 0. The molecule has 0 heterocycles. The van der Waals surface area contributed by atoms with Crippen LogP contribution in [0.15, 0.2) is 0 Å². The summed E-state index contributed by atoms with van der Waals surface area (Å²) < 4.78 is 3.74. The Balaban J connectivity index is 0. The van der Waals surface area contributed by atoms with Crippen molar-refractivity contribution >= 4 is 6.47 Å². The van der Waals surface area contributed by atoms with Gasteiger partial charge in [0, 0.05) is 26.6 Å². The molecule has 0 amide bonds. The molecule has 0 radical (unpaired) electrons. The minimum absolute atomic E-state index is 0. The Morgan fingerprint density at radius 1 is 1.80 bits per heavy atom. The topological polar surface area (TPSA) is 26.3 Å². The van der Waals surface area contributed by atoms with E-state index in [-0.39, 0.29) is 19.5 Å². The maximum Gasteiger partial charge on any atom is 0.0362 e. The standard InChI is InChI=1S/C2H3O2.Zn/c1-4-2-3;/h1H3;/q-1;. The van der Waals surface area contributed by atoms with Crippen LogP contribution >= 0.6 is 0 Å². The quantitative estimate of drug-likeness (QED) is 0.354. The largest absolute Gasteiger partial charge is 0.655 e. The molecule has 3 heteroatoms. The van der Waals surface area contributed by atoms with Crippen LogP contribution in [0.3, 0.4) is 0 Å². The minimum Gasteiger partial charge on any atom is -0.655 e. The predicted octanol–water partition coefficient (Wildman–Crippen LogP) is -0.302. The molecule has 26 valence electrons. The van der Waals surface area contributed by atoms with Gasteiger partial charge in [-0.15, -0.1) is 0 Å². The third-order valence-electron chi connectivity index (χ3n) is 0.0833. The molecule has 5 heavy (non-hydrogen) atoms. The number of rotatable bonds is 1. The maximum atomic E-state index is 8.83. The average molecular weight is 124 g/mol. The van der Waals surface area contributed by atoms with Crippen molar-refractivity contribution in [2.45, 2.75) is 0 Å². The van der Waals surface area contributed by atoms with E-state index in [2.05, 4.69) is 4.74 Å². The van der Waals surface area contributed by atoms with E-state index in [1.807, 2.05) is 0 Å². The molecule has 0 saturated carbocycles. The Hall–Kier alpha value is 0.0934. The molecule has 0 aliphatic heterocycles. The summed E-state index contributed by atoms with van der Waals surface area (Å²) in [6.45, 7) is 1.18. The first-order chi connectivity index (χ1) is 1.91. The minimum atomic E-state index is 0. The predicted molar refractivity (Wildman–Crippen MR) is 12.7 cm³/mol. The van der Waals surface area contributed by atoms with Crippen LogP contribution in [0.1, 0.15) is 0 Å². The van der Waals surface area contributed by atoms with E-state index in [0.717, 1.165) is 0 Å². The molecule has 0 aromatic heterocycles. The maximum absolute atomic E-state index is 8.83. The number of methoxy groups -OCH3 is 1. The van der Waals surface area contributed by atoms with Gasteiger partial charge in [-0.1, -0.05) is 6.47 Å². The molecule has 0 fully saturated rings. The summed E-state index contributed by atoms with van der Waals surface area (Å²) in [6, 6.07) is 0. The normalized spacial score (nSPS) is 4.20. The van der Waals surface area contributed by atoms with Crippen LogP contribution in [0.25, 0.3) is 0 Å². The molecule has 0 aromatic carbocycles. The third kappa shape index (κ3) is 15.0. The molecule has 0 unspecified atom stereocenters. The zero-order valence-electron chi connectivity index (χ0n) is 3.02. The molecule has 2 nitrogen and oxygen atoms in total. The number of carbonyl (C=O) groups excluding carboxylic acids is 1. The SMILES string of the molecule is CO[C-]=O.[Zn]. The molecular formula is C2H3O2Zn-.